The lowest BCUT2D eigenvalue weighted by Crippen LogP contribution is -3.00. The van der Waals surface area contributed by atoms with Crippen molar-refractivity contribution in [1.29, 1.82) is 0 Å². The number of halogens is 2. The maximum Gasteiger partial charge on any atom is 0.259 e. The molecule has 2 aromatic carbocycles. The number of rotatable bonds is 18. The van der Waals surface area contributed by atoms with Crippen LogP contribution in [-0.4, -0.2) is 12.5 Å². The molecule has 1 N–H and O–H groups in total. The van der Waals surface area contributed by atoms with E-state index in [9.17, 15) is 9.18 Å². The Balaban J connectivity index is 0.00000533. The lowest BCUT2D eigenvalue weighted by atomic mass is 10.1. The molecule has 0 saturated heterocycles. The van der Waals surface area contributed by atoms with Crippen molar-refractivity contribution in [2.45, 2.75) is 97.4 Å². The van der Waals surface area contributed by atoms with Crippen molar-refractivity contribution in [3.8, 4) is 5.75 Å². The van der Waals surface area contributed by atoms with Crippen molar-refractivity contribution in [3.63, 3.8) is 0 Å². The van der Waals surface area contributed by atoms with Gasteiger partial charge in [0.1, 0.15) is 0 Å². The molecular formula is C32H44BrFN2O2S. The summed E-state index contributed by atoms with van der Waals surface area (Å²) < 4.78 is 22.6. The number of aryl methyl sites for hydroxylation is 1. The van der Waals surface area contributed by atoms with Gasteiger partial charge in [-0.2, -0.15) is 4.57 Å². The summed E-state index contributed by atoms with van der Waals surface area (Å²) in [5, 5.41) is 5.07. The van der Waals surface area contributed by atoms with Crippen molar-refractivity contribution in [2.75, 3.05) is 11.9 Å². The van der Waals surface area contributed by atoms with Crippen LogP contribution in [-0.2, 0) is 6.54 Å². The summed E-state index contributed by atoms with van der Waals surface area (Å²) in [6, 6.07) is 12.2. The number of unbranched alkanes of at least 4 members (excludes halogenated alkanes) is 11. The molecule has 1 heterocycles. The molecule has 3 aromatic rings. The number of carbonyl (C=O) groups excluding carboxylic acids is 1. The predicted octanol–water partition coefficient (Wildman–Crippen LogP) is 5.87. The van der Waals surface area contributed by atoms with E-state index >= 15 is 0 Å². The second-order valence-electron chi connectivity index (χ2n) is 10.1. The number of nitrogens with one attached hydrogen (secondary N) is 1. The second kappa shape index (κ2) is 18.9. The highest BCUT2D eigenvalue weighted by atomic mass is 79.9. The Hall–Kier alpha value is -2.25. The molecular weight excluding hydrogens is 575 g/mol. The number of hydrogen-bond donors (Lipinski definition) is 1. The van der Waals surface area contributed by atoms with Crippen molar-refractivity contribution in [2.24, 2.45) is 0 Å². The van der Waals surface area contributed by atoms with Crippen LogP contribution in [0.3, 0.4) is 0 Å². The molecule has 1 amide bonds. The molecule has 0 radical (unpaired) electrons. The molecule has 0 unspecified atom stereocenters. The molecule has 3 rings (SSSR count). The number of carbonyl (C=O) groups is 1. The van der Waals surface area contributed by atoms with Gasteiger partial charge in [0.25, 0.3) is 5.91 Å². The van der Waals surface area contributed by atoms with E-state index in [4.69, 9.17) is 4.74 Å². The van der Waals surface area contributed by atoms with Crippen LogP contribution in [0, 0.1) is 12.7 Å². The number of amides is 1. The van der Waals surface area contributed by atoms with Crippen LogP contribution in [0.2, 0.25) is 0 Å². The minimum atomic E-state index is -0.505. The zero-order chi connectivity index (χ0) is 27.0. The van der Waals surface area contributed by atoms with E-state index in [0.717, 1.165) is 24.1 Å². The van der Waals surface area contributed by atoms with Gasteiger partial charge in [-0.25, -0.2) is 4.39 Å². The van der Waals surface area contributed by atoms with Gasteiger partial charge in [-0.1, -0.05) is 113 Å². The number of aromatic nitrogens is 1. The summed E-state index contributed by atoms with van der Waals surface area (Å²) in [7, 11) is 0. The summed E-state index contributed by atoms with van der Waals surface area (Å²) >= 11 is 1.64. The third-order valence-electron chi connectivity index (χ3n) is 6.94. The molecule has 0 spiro atoms. The standard InChI is InChI=1S/C32H43FN2O2S.BrH/c1-3-4-5-6-7-8-9-10-11-12-13-16-22-37-31-28(19-17-20-29(31)33)32(36)34-30-21-15-14-18-27(30)23-35-25-38-24-26(35)2;/h14-15,17-21,24-25H,3-13,16,22-23H2,1-2H3;1H. The number of para-hydroxylation sites is 2. The van der Waals surface area contributed by atoms with Crippen molar-refractivity contribution < 1.29 is 35.5 Å². The first kappa shape index (κ1) is 33.0. The average Bonchev–Trinajstić information content (AvgIpc) is 3.32. The Labute approximate surface area is 248 Å². The fraction of sp³-hybridized carbons (Fsp3) is 0.500. The number of anilines is 1. The van der Waals surface area contributed by atoms with E-state index in [1.54, 1.807) is 23.5 Å². The largest absolute Gasteiger partial charge is 1.00 e. The van der Waals surface area contributed by atoms with E-state index < -0.39 is 5.82 Å². The zero-order valence-electron chi connectivity index (χ0n) is 23.5. The van der Waals surface area contributed by atoms with Gasteiger partial charge in [0, 0.05) is 12.5 Å². The molecule has 7 heteroatoms. The maximum absolute atomic E-state index is 14.7. The van der Waals surface area contributed by atoms with Gasteiger partial charge in [-0.05, 0) is 24.6 Å². The van der Waals surface area contributed by atoms with Crippen LogP contribution < -0.4 is 31.6 Å². The van der Waals surface area contributed by atoms with E-state index in [1.165, 1.54) is 70.3 Å². The highest BCUT2D eigenvalue weighted by Gasteiger charge is 2.19. The van der Waals surface area contributed by atoms with Gasteiger partial charge in [0.15, 0.2) is 23.8 Å². The first-order chi connectivity index (χ1) is 18.6. The normalized spacial score (nSPS) is 10.7. The van der Waals surface area contributed by atoms with Crippen molar-refractivity contribution >= 4 is 22.9 Å². The minimum Gasteiger partial charge on any atom is -1.00 e. The van der Waals surface area contributed by atoms with Crippen LogP contribution in [0.1, 0.15) is 106 Å². The SMILES string of the molecule is CCCCCCCCCCCCCCOc1c(F)cccc1C(=O)Nc1ccccc1C[n+]1cscc1C.[Br-]. The smallest absolute Gasteiger partial charge is 0.259 e. The first-order valence-electron chi connectivity index (χ1n) is 14.3. The third-order valence-corrected chi connectivity index (χ3v) is 7.80. The van der Waals surface area contributed by atoms with E-state index in [-0.39, 0.29) is 34.2 Å². The first-order valence-corrected chi connectivity index (χ1v) is 15.3. The molecule has 0 aliphatic carbocycles. The van der Waals surface area contributed by atoms with Gasteiger partial charge in [-0.3, -0.25) is 4.79 Å². The summed E-state index contributed by atoms with van der Waals surface area (Å²) in [6.07, 6.45) is 15.1. The number of ether oxygens (including phenoxy) is 1. The van der Waals surface area contributed by atoms with Crippen LogP contribution >= 0.6 is 11.3 Å². The molecule has 214 valence electrons. The predicted molar refractivity (Wildman–Crippen MR) is 156 cm³/mol. The molecule has 0 bridgehead atoms. The Morgan fingerprint density at radius 1 is 0.897 bits per heavy atom. The number of hydrogen-bond acceptors (Lipinski definition) is 3. The second-order valence-corrected chi connectivity index (χ2v) is 10.8. The van der Waals surface area contributed by atoms with Crippen LogP contribution in [0.25, 0.3) is 0 Å². The lowest BCUT2D eigenvalue weighted by molar-refractivity contribution is -0.689. The molecule has 0 aliphatic rings. The minimum absolute atomic E-state index is 0. The third kappa shape index (κ3) is 11.4. The Morgan fingerprint density at radius 2 is 1.54 bits per heavy atom. The fourth-order valence-corrected chi connectivity index (χ4v) is 5.40. The topological polar surface area (TPSA) is 42.2 Å². The quantitative estimate of drug-likeness (QED) is 0.143. The molecule has 0 saturated carbocycles. The van der Waals surface area contributed by atoms with Crippen molar-refractivity contribution in [3.05, 3.63) is 76.0 Å². The molecule has 39 heavy (non-hydrogen) atoms. The van der Waals surface area contributed by atoms with E-state index in [1.807, 2.05) is 24.3 Å². The summed E-state index contributed by atoms with van der Waals surface area (Å²) in [5.41, 5.74) is 5.14. The summed E-state index contributed by atoms with van der Waals surface area (Å²) in [5.74, 6) is -0.836. The molecule has 1 aromatic heterocycles. The zero-order valence-corrected chi connectivity index (χ0v) is 25.9. The molecule has 0 atom stereocenters. The van der Waals surface area contributed by atoms with Crippen molar-refractivity contribution in [1.82, 2.24) is 0 Å². The highest BCUT2D eigenvalue weighted by molar-refractivity contribution is 7.07. The van der Waals surface area contributed by atoms with Crippen LogP contribution in [0.15, 0.2) is 53.4 Å². The maximum atomic E-state index is 14.7. The highest BCUT2D eigenvalue weighted by Crippen LogP contribution is 2.25. The van der Waals surface area contributed by atoms with Crippen LogP contribution in [0.4, 0.5) is 10.1 Å². The summed E-state index contributed by atoms with van der Waals surface area (Å²) in [4.78, 5) is 13.2. The van der Waals surface area contributed by atoms with E-state index in [2.05, 4.69) is 34.6 Å². The molecule has 0 aliphatic heterocycles. The number of benzene rings is 2. The Morgan fingerprint density at radius 3 is 2.18 bits per heavy atom. The van der Waals surface area contributed by atoms with Gasteiger partial charge in [0.05, 0.1) is 23.2 Å². The van der Waals surface area contributed by atoms with Gasteiger partial charge in [-0.15, -0.1) is 0 Å². The van der Waals surface area contributed by atoms with Gasteiger partial charge >= 0.3 is 0 Å². The van der Waals surface area contributed by atoms with Crippen LogP contribution in [0.5, 0.6) is 5.75 Å². The monoisotopic (exact) mass is 618 g/mol. The van der Waals surface area contributed by atoms with E-state index in [0.29, 0.717) is 18.8 Å². The molecule has 0 fully saturated rings. The average molecular weight is 620 g/mol. The molecule has 4 nitrogen and oxygen atoms in total. The number of nitrogens with zero attached hydrogens (tertiary/aromatic N) is 1. The van der Waals surface area contributed by atoms with Gasteiger partial charge in [0.2, 0.25) is 5.51 Å². The fourth-order valence-electron chi connectivity index (χ4n) is 4.62. The Kier molecular flexibility index (Phi) is 16.0. The van der Waals surface area contributed by atoms with Gasteiger partial charge < -0.3 is 27.0 Å². The lowest BCUT2D eigenvalue weighted by Gasteiger charge is -2.14. The summed E-state index contributed by atoms with van der Waals surface area (Å²) in [6.45, 7) is 5.37. The number of thiazole rings is 1. The Bertz CT molecular complexity index is 1120.